The van der Waals surface area contributed by atoms with Gasteiger partial charge < -0.3 is 14.8 Å². The fraction of sp³-hybridized carbons (Fsp3) is 0.292. The number of amides is 2. The molecular weight excluding hydrogens is 376 g/mol. The van der Waals surface area contributed by atoms with Crippen LogP contribution < -0.4 is 5.32 Å². The molecule has 3 heterocycles. The van der Waals surface area contributed by atoms with Gasteiger partial charge in [-0.1, -0.05) is 18.2 Å². The maximum absolute atomic E-state index is 12.7. The Morgan fingerprint density at radius 2 is 2.10 bits per heavy atom. The fourth-order valence-corrected chi connectivity index (χ4v) is 4.09. The van der Waals surface area contributed by atoms with E-state index in [0.29, 0.717) is 25.2 Å². The van der Waals surface area contributed by atoms with Crippen LogP contribution in [0.1, 0.15) is 34.4 Å². The van der Waals surface area contributed by atoms with E-state index in [9.17, 15) is 9.59 Å². The number of carbonyl (C=O) groups is 2. The molecule has 0 bridgehead atoms. The molecule has 0 saturated carbocycles. The number of carbonyl (C=O) groups excluding carboxylic acids is 2. The average Bonchev–Trinajstić information content (AvgIpc) is 2.97. The minimum absolute atomic E-state index is 0.00554. The van der Waals surface area contributed by atoms with Gasteiger partial charge in [0.2, 0.25) is 11.8 Å². The maximum Gasteiger partial charge on any atom is 0.246 e. The van der Waals surface area contributed by atoms with Crippen LogP contribution in [-0.4, -0.2) is 33.3 Å². The lowest BCUT2D eigenvalue weighted by atomic mass is 10.0. The van der Waals surface area contributed by atoms with Gasteiger partial charge in [0.05, 0.1) is 5.52 Å². The van der Waals surface area contributed by atoms with Gasteiger partial charge in [0, 0.05) is 50.4 Å². The van der Waals surface area contributed by atoms with Gasteiger partial charge in [0.15, 0.2) is 0 Å². The predicted octanol–water partition coefficient (Wildman–Crippen LogP) is 3.75. The van der Waals surface area contributed by atoms with Gasteiger partial charge in [0.25, 0.3) is 0 Å². The van der Waals surface area contributed by atoms with Crippen LogP contribution in [0.4, 0.5) is 5.82 Å². The van der Waals surface area contributed by atoms with Crippen LogP contribution in [0, 0.1) is 13.8 Å². The van der Waals surface area contributed by atoms with Gasteiger partial charge in [0.1, 0.15) is 5.82 Å². The zero-order valence-corrected chi connectivity index (χ0v) is 17.8. The molecule has 1 aromatic carbocycles. The highest BCUT2D eigenvalue weighted by atomic mass is 16.2. The van der Waals surface area contributed by atoms with E-state index in [2.05, 4.69) is 54.0 Å². The molecule has 0 atom stereocenters. The van der Waals surface area contributed by atoms with Crippen molar-refractivity contribution in [1.29, 1.82) is 0 Å². The monoisotopic (exact) mass is 402 g/mol. The minimum Gasteiger partial charge on any atom is -0.347 e. The van der Waals surface area contributed by atoms with Gasteiger partial charge in [-0.15, -0.1) is 0 Å². The standard InChI is InChI=1S/C24H26N4O2/c1-15-6-5-7-19-20(16(2)28(4)23(15)19)14-27(3)22(30)11-8-17-12-18-9-10-21(29)26-24(18)25-13-17/h5-8,11-13H,9-10,14H2,1-4H3,(H,25,26,29). The van der Waals surface area contributed by atoms with Gasteiger partial charge in [-0.2, -0.15) is 0 Å². The van der Waals surface area contributed by atoms with E-state index in [1.807, 2.05) is 13.1 Å². The Morgan fingerprint density at radius 1 is 1.30 bits per heavy atom. The number of rotatable bonds is 4. The van der Waals surface area contributed by atoms with Gasteiger partial charge in [-0.25, -0.2) is 4.98 Å². The molecule has 0 aliphatic carbocycles. The molecule has 3 aromatic rings. The summed E-state index contributed by atoms with van der Waals surface area (Å²) in [4.78, 5) is 30.2. The highest BCUT2D eigenvalue weighted by molar-refractivity contribution is 5.94. The molecule has 0 spiro atoms. The summed E-state index contributed by atoms with van der Waals surface area (Å²) >= 11 is 0. The molecular formula is C24H26N4O2. The summed E-state index contributed by atoms with van der Waals surface area (Å²) in [6, 6.07) is 8.27. The van der Waals surface area contributed by atoms with Crippen molar-refractivity contribution in [2.45, 2.75) is 33.2 Å². The van der Waals surface area contributed by atoms with Crippen LogP contribution in [0.25, 0.3) is 17.0 Å². The zero-order chi connectivity index (χ0) is 21.4. The number of fused-ring (bicyclic) bond motifs is 2. The second-order valence-corrected chi connectivity index (χ2v) is 7.95. The number of likely N-dealkylation sites (N-methyl/N-ethyl adjacent to an activating group) is 1. The molecule has 0 saturated heterocycles. The fourth-order valence-electron chi connectivity index (χ4n) is 4.09. The SMILES string of the molecule is Cc1cccc2c(CN(C)C(=O)C=Cc3cnc4c(c3)CCC(=O)N4)c(C)n(C)c12. The Morgan fingerprint density at radius 3 is 2.90 bits per heavy atom. The van der Waals surface area contributed by atoms with E-state index < -0.39 is 0 Å². The van der Waals surface area contributed by atoms with Crippen molar-refractivity contribution in [3.8, 4) is 0 Å². The topological polar surface area (TPSA) is 67.2 Å². The first-order valence-electron chi connectivity index (χ1n) is 10.1. The largest absolute Gasteiger partial charge is 0.347 e. The summed E-state index contributed by atoms with van der Waals surface area (Å²) in [7, 11) is 3.89. The number of para-hydroxylation sites is 1. The third-order valence-corrected chi connectivity index (χ3v) is 5.90. The van der Waals surface area contributed by atoms with Crippen LogP contribution in [0.5, 0.6) is 0 Å². The second-order valence-electron chi connectivity index (χ2n) is 7.95. The van der Waals surface area contributed by atoms with Crippen LogP contribution >= 0.6 is 0 Å². The summed E-state index contributed by atoms with van der Waals surface area (Å²) in [5.41, 5.74) is 6.64. The van der Waals surface area contributed by atoms with E-state index in [4.69, 9.17) is 0 Å². The van der Waals surface area contributed by atoms with Crippen LogP contribution in [0.3, 0.4) is 0 Å². The lowest BCUT2D eigenvalue weighted by molar-refractivity contribution is -0.125. The quantitative estimate of drug-likeness (QED) is 0.676. The molecule has 0 fully saturated rings. The first-order chi connectivity index (χ1) is 14.3. The van der Waals surface area contributed by atoms with Crippen LogP contribution in [0.15, 0.2) is 36.5 Å². The maximum atomic E-state index is 12.7. The predicted molar refractivity (Wildman–Crippen MR) is 119 cm³/mol. The molecule has 4 rings (SSSR count). The molecule has 6 heteroatoms. The van der Waals surface area contributed by atoms with Gasteiger partial charge in [-0.3, -0.25) is 9.59 Å². The minimum atomic E-state index is -0.0647. The smallest absolute Gasteiger partial charge is 0.246 e. The summed E-state index contributed by atoms with van der Waals surface area (Å²) in [6.45, 7) is 4.76. The van der Waals surface area contributed by atoms with Crippen molar-refractivity contribution < 1.29 is 9.59 Å². The summed E-state index contributed by atoms with van der Waals surface area (Å²) in [6.07, 6.45) is 6.17. The molecule has 1 aliphatic heterocycles. The van der Waals surface area contributed by atoms with Gasteiger partial charge in [-0.05, 0) is 54.7 Å². The molecule has 1 aliphatic rings. The number of hydrogen-bond acceptors (Lipinski definition) is 3. The third kappa shape index (κ3) is 3.61. The lowest BCUT2D eigenvalue weighted by Crippen LogP contribution is -2.24. The molecule has 30 heavy (non-hydrogen) atoms. The highest BCUT2D eigenvalue weighted by Gasteiger charge is 2.17. The number of nitrogens with zero attached hydrogens (tertiary/aromatic N) is 3. The number of aryl methyl sites for hydroxylation is 3. The Kier molecular flexibility index (Phi) is 5.16. The lowest BCUT2D eigenvalue weighted by Gasteiger charge is -2.16. The molecule has 2 aromatic heterocycles. The number of nitrogens with one attached hydrogen (secondary N) is 1. The van der Waals surface area contributed by atoms with Crippen molar-refractivity contribution >= 4 is 34.6 Å². The number of aromatic nitrogens is 2. The van der Waals surface area contributed by atoms with E-state index in [1.165, 1.54) is 27.7 Å². The zero-order valence-electron chi connectivity index (χ0n) is 17.8. The van der Waals surface area contributed by atoms with E-state index >= 15 is 0 Å². The number of hydrogen-bond donors (Lipinski definition) is 1. The van der Waals surface area contributed by atoms with Crippen LogP contribution in [-0.2, 0) is 29.6 Å². The molecule has 0 unspecified atom stereocenters. The van der Waals surface area contributed by atoms with Crippen molar-refractivity contribution in [1.82, 2.24) is 14.5 Å². The van der Waals surface area contributed by atoms with Crippen LogP contribution in [0.2, 0.25) is 0 Å². The molecule has 2 amide bonds. The number of pyridine rings is 1. The first-order valence-corrected chi connectivity index (χ1v) is 10.1. The van der Waals surface area contributed by atoms with Crippen molar-refractivity contribution in [2.75, 3.05) is 12.4 Å². The van der Waals surface area contributed by atoms with Gasteiger partial charge >= 0.3 is 0 Å². The average molecular weight is 402 g/mol. The Labute approximate surface area is 176 Å². The Hall–Kier alpha value is -3.41. The molecule has 0 radical (unpaired) electrons. The summed E-state index contributed by atoms with van der Waals surface area (Å²) in [5, 5.41) is 3.97. The third-order valence-electron chi connectivity index (χ3n) is 5.90. The Balaban J connectivity index is 1.51. The molecule has 6 nitrogen and oxygen atoms in total. The van der Waals surface area contributed by atoms with Crippen molar-refractivity contribution in [3.05, 3.63) is 64.5 Å². The Bertz CT molecular complexity index is 1190. The first kappa shape index (κ1) is 19.9. The summed E-state index contributed by atoms with van der Waals surface area (Å²) in [5.74, 6) is 0.549. The van der Waals surface area contributed by atoms with E-state index in [-0.39, 0.29) is 11.8 Å². The normalized spacial score (nSPS) is 13.5. The van der Waals surface area contributed by atoms with Crippen molar-refractivity contribution in [2.24, 2.45) is 7.05 Å². The molecule has 154 valence electrons. The van der Waals surface area contributed by atoms with Crippen molar-refractivity contribution in [3.63, 3.8) is 0 Å². The number of anilines is 1. The highest BCUT2D eigenvalue weighted by Crippen LogP contribution is 2.28. The summed E-state index contributed by atoms with van der Waals surface area (Å²) < 4.78 is 2.20. The molecule has 1 N–H and O–H groups in total. The van der Waals surface area contributed by atoms with E-state index in [0.717, 1.165) is 11.1 Å². The second kappa shape index (κ2) is 7.78. The number of benzene rings is 1. The van der Waals surface area contributed by atoms with E-state index in [1.54, 1.807) is 23.2 Å².